The van der Waals surface area contributed by atoms with Crippen molar-refractivity contribution in [2.75, 3.05) is 17.7 Å². The summed E-state index contributed by atoms with van der Waals surface area (Å²) in [4.78, 5) is 31.5. The summed E-state index contributed by atoms with van der Waals surface area (Å²) >= 11 is 0. The van der Waals surface area contributed by atoms with E-state index in [1.165, 1.54) is 6.20 Å². The van der Waals surface area contributed by atoms with Gasteiger partial charge in [-0.25, -0.2) is 4.98 Å². The number of nitrogens with one attached hydrogen (secondary N) is 2. The van der Waals surface area contributed by atoms with E-state index in [0.29, 0.717) is 11.4 Å². The number of aromatic nitrogens is 2. The fourth-order valence-corrected chi connectivity index (χ4v) is 2.27. The molecule has 0 aliphatic rings. The number of anilines is 3. The predicted molar refractivity (Wildman–Crippen MR) is 98.3 cm³/mol. The number of hydrogen-bond donors (Lipinski definition) is 4. The van der Waals surface area contributed by atoms with E-state index in [2.05, 4.69) is 20.6 Å². The summed E-state index contributed by atoms with van der Waals surface area (Å²) in [6, 6.07) is 6.43. The van der Waals surface area contributed by atoms with Gasteiger partial charge < -0.3 is 26.8 Å². The predicted octanol–water partition coefficient (Wildman–Crippen LogP) is 1.25. The molecule has 0 radical (unpaired) electrons. The van der Waals surface area contributed by atoms with E-state index in [1.54, 1.807) is 31.4 Å². The van der Waals surface area contributed by atoms with Gasteiger partial charge in [0.05, 0.1) is 7.11 Å². The van der Waals surface area contributed by atoms with E-state index >= 15 is 0 Å². The number of rotatable bonds is 8. The average molecular weight is 358 g/mol. The van der Waals surface area contributed by atoms with E-state index in [1.807, 2.05) is 13.8 Å². The van der Waals surface area contributed by atoms with Crippen LogP contribution in [0.2, 0.25) is 0 Å². The standard InChI is InChI=1S/C17H22N6O3/c1-9(2)13(15(19)25)22-17-20-8-12(14(18)24)16(23-17)21-10-5-4-6-11(7-10)26-3/h4-9,13H,1-3H3,(H2,18,24)(H2,19,25)(H2,20,21,22,23)/t13-/m1/s1. The lowest BCUT2D eigenvalue weighted by Gasteiger charge is -2.19. The molecule has 2 amide bonds. The third kappa shape index (κ3) is 4.59. The number of ether oxygens (including phenoxy) is 1. The molecule has 1 aromatic heterocycles. The molecule has 26 heavy (non-hydrogen) atoms. The van der Waals surface area contributed by atoms with Crippen molar-refractivity contribution >= 4 is 29.3 Å². The van der Waals surface area contributed by atoms with Crippen LogP contribution in [-0.4, -0.2) is 34.9 Å². The lowest BCUT2D eigenvalue weighted by atomic mass is 10.0. The fourth-order valence-electron chi connectivity index (χ4n) is 2.27. The van der Waals surface area contributed by atoms with Crippen molar-refractivity contribution in [1.82, 2.24) is 9.97 Å². The summed E-state index contributed by atoms with van der Waals surface area (Å²) < 4.78 is 5.17. The molecule has 2 aromatic rings. The second-order valence-electron chi connectivity index (χ2n) is 5.95. The topological polar surface area (TPSA) is 145 Å². The number of carbonyl (C=O) groups is 2. The monoisotopic (exact) mass is 358 g/mol. The molecule has 9 heteroatoms. The number of primary amides is 2. The molecule has 9 nitrogen and oxygen atoms in total. The molecule has 0 saturated heterocycles. The smallest absolute Gasteiger partial charge is 0.254 e. The number of hydrogen-bond acceptors (Lipinski definition) is 7. The third-order valence-corrected chi connectivity index (χ3v) is 3.64. The zero-order chi connectivity index (χ0) is 19.3. The normalized spacial score (nSPS) is 11.7. The van der Waals surface area contributed by atoms with Crippen LogP contribution in [0.3, 0.4) is 0 Å². The number of carbonyl (C=O) groups excluding carboxylic acids is 2. The first kappa shape index (κ1) is 19.0. The van der Waals surface area contributed by atoms with Gasteiger partial charge in [-0.1, -0.05) is 19.9 Å². The van der Waals surface area contributed by atoms with Crippen molar-refractivity contribution in [3.8, 4) is 5.75 Å². The highest BCUT2D eigenvalue weighted by Gasteiger charge is 2.21. The van der Waals surface area contributed by atoms with Gasteiger partial charge in [-0.05, 0) is 18.1 Å². The van der Waals surface area contributed by atoms with E-state index in [9.17, 15) is 9.59 Å². The molecule has 0 bridgehead atoms. The van der Waals surface area contributed by atoms with Crippen molar-refractivity contribution in [3.63, 3.8) is 0 Å². The summed E-state index contributed by atoms with van der Waals surface area (Å²) in [5.41, 5.74) is 11.5. The summed E-state index contributed by atoms with van der Waals surface area (Å²) in [5, 5.41) is 5.89. The molecule has 138 valence electrons. The van der Waals surface area contributed by atoms with Gasteiger partial charge in [-0.15, -0.1) is 0 Å². The first-order valence-corrected chi connectivity index (χ1v) is 7.95. The highest BCUT2D eigenvalue weighted by molar-refractivity contribution is 5.98. The van der Waals surface area contributed by atoms with Gasteiger partial charge in [0.15, 0.2) is 0 Å². The Morgan fingerprint density at radius 3 is 2.54 bits per heavy atom. The lowest BCUT2D eigenvalue weighted by molar-refractivity contribution is -0.119. The summed E-state index contributed by atoms with van der Waals surface area (Å²) in [5.74, 6) is -0.284. The minimum Gasteiger partial charge on any atom is -0.497 e. The van der Waals surface area contributed by atoms with Gasteiger partial charge in [0.25, 0.3) is 5.91 Å². The minimum atomic E-state index is -0.683. The van der Waals surface area contributed by atoms with Crippen LogP contribution in [0.25, 0.3) is 0 Å². The molecule has 0 fully saturated rings. The second kappa shape index (κ2) is 8.15. The Kier molecular flexibility index (Phi) is 5.94. The number of nitrogens with zero attached hydrogens (tertiary/aromatic N) is 2. The Balaban J connectivity index is 2.36. The molecule has 0 spiro atoms. The number of methoxy groups -OCH3 is 1. The zero-order valence-electron chi connectivity index (χ0n) is 14.8. The SMILES string of the molecule is COc1cccc(Nc2nc(N[C@@H](C(N)=O)C(C)C)ncc2C(N)=O)c1. The molecule has 2 rings (SSSR count). The molecule has 1 aromatic carbocycles. The van der Waals surface area contributed by atoms with Crippen LogP contribution in [0.4, 0.5) is 17.5 Å². The average Bonchev–Trinajstić information content (AvgIpc) is 2.59. The maximum atomic E-state index is 11.7. The maximum absolute atomic E-state index is 11.7. The molecule has 0 unspecified atom stereocenters. The van der Waals surface area contributed by atoms with Crippen molar-refractivity contribution in [2.45, 2.75) is 19.9 Å². The lowest BCUT2D eigenvalue weighted by Crippen LogP contribution is -2.40. The Labute approximate surface area is 151 Å². The van der Waals surface area contributed by atoms with Crippen molar-refractivity contribution < 1.29 is 14.3 Å². The van der Waals surface area contributed by atoms with E-state index in [-0.39, 0.29) is 23.2 Å². The Morgan fingerprint density at radius 2 is 1.96 bits per heavy atom. The van der Waals surface area contributed by atoms with Crippen LogP contribution in [-0.2, 0) is 4.79 Å². The second-order valence-corrected chi connectivity index (χ2v) is 5.95. The van der Waals surface area contributed by atoms with Gasteiger partial charge in [-0.2, -0.15) is 4.98 Å². The Bertz CT molecular complexity index is 809. The molecule has 6 N–H and O–H groups in total. The van der Waals surface area contributed by atoms with Crippen molar-refractivity contribution in [1.29, 1.82) is 0 Å². The van der Waals surface area contributed by atoms with Gasteiger partial charge in [0.1, 0.15) is 23.2 Å². The van der Waals surface area contributed by atoms with Gasteiger partial charge >= 0.3 is 0 Å². The van der Waals surface area contributed by atoms with Gasteiger partial charge in [-0.3, -0.25) is 9.59 Å². The number of amides is 2. The van der Waals surface area contributed by atoms with Crippen LogP contribution in [0.5, 0.6) is 5.75 Å². The molecule has 0 aliphatic heterocycles. The number of nitrogens with two attached hydrogens (primary N) is 2. The molecule has 1 atom stereocenters. The number of benzene rings is 1. The van der Waals surface area contributed by atoms with E-state index < -0.39 is 17.9 Å². The van der Waals surface area contributed by atoms with E-state index in [0.717, 1.165) is 0 Å². The molecular formula is C17H22N6O3. The largest absolute Gasteiger partial charge is 0.497 e. The Hall–Kier alpha value is -3.36. The maximum Gasteiger partial charge on any atom is 0.254 e. The highest BCUT2D eigenvalue weighted by Crippen LogP contribution is 2.23. The van der Waals surface area contributed by atoms with Crippen LogP contribution in [0.15, 0.2) is 30.5 Å². The van der Waals surface area contributed by atoms with Crippen molar-refractivity contribution in [2.24, 2.45) is 17.4 Å². The third-order valence-electron chi connectivity index (χ3n) is 3.64. The van der Waals surface area contributed by atoms with Gasteiger partial charge in [0.2, 0.25) is 11.9 Å². The molecule has 1 heterocycles. The fraction of sp³-hybridized carbons (Fsp3) is 0.294. The van der Waals surface area contributed by atoms with Crippen LogP contribution >= 0.6 is 0 Å². The quantitative estimate of drug-likeness (QED) is 0.555. The van der Waals surface area contributed by atoms with Gasteiger partial charge in [0, 0.05) is 18.0 Å². The minimum absolute atomic E-state index is 0.0679. The van der Waals surface area contributed by atoms with Crippen molar-refractivity contribution in [3.05, 3.63) is 36.0 Å². The molecular weight excluding hydrogens is 336 g/mol. The first-order valence-electron chi connectivity index (χ1n) is 7.95. The molecule has 0 saturated carbocycles. The molecule has 0 aliphatic carbocycles. The summed E-state index contributed by atoms with van der Waals surface area (Å²) in [7, 11) is 1.55. The first-order chi connectivity index (χ1) is 12.3. The van der Waals surface area contributed by atoms with Crippen LogP contribution in [0.1, 0.15) is 24.2 Å². The summed E-state index contributed by atoms with van der Waals surface area (Å²) in [6.45, 7) is 3.69. The van der Waals surface area contributed by atoms with Crippen LogP contribution in [0, 0.1) is 5.92 Å². The summed E-state index contributed by atoms with van der Waals surface area (Å²) in [6.07, 6.45) is 1.29. The zero-order valence-corrected chi connectivity index (χ0v) is 14.8. The highest BCUT2D eigenvalue weighted by atomic mass is 16.5. The van der Waals surface area contributed by atoms with E-state index in [4.69, 9.17) is 16.2 Å². The Morgan fingerprint density at radius 1 is 1.23 bits per heavy atom. The van der Waals surface area contributed by atoms with Crippen LogP contribution < -0.4 is 26.8 Å².